The van der Waals surface area contributed by atoms with Crippen molar-refractivity contribution >= 4 is 21.6 Å². The van der Waals surface area contributed by atoms with Crippen molar-refractivity contribution in [1.82, 2.24) is 5.32 Å². The summed E-state index contributed by atoms with van der Waals surface area (Å²) in [6, 6.07) is 12.2. The van der Waals surface area contributed by atoms with E-state index in [1.807, 2.05) is 19.9 Å². The minimum atomic E-state index is -3.62. The van der Waals surface area contributed by atoms with Crippen LogP contribution in [0.15, 0.2) is 42.5 Å². The molecule has 0 aromatic heterocycles. The number of benzene rings is 2. The first-order valence-electron chi connectivity index (χ1n) is 9.22. The molecule has 8 heteroatoms. The van der Waals surface area contributed by atoms with Crippen molar-refractivity contribution in [3.05, 3.63) is 53.6 Å². The third kappa shape index (κ3) is 6.39. The number of hydrogen-bond acceptors (Lipinski definition) is 5. The highest BCUT2D eigenvalue weighted by Crippen LogP contribution is 2.24. The van der Waals surface area contributed by atoms with Gasteiger partial charge >= 0.3 is 0 Å². The summed E-state index contributed by atoms with van der Waals surface area (Å²) in [5.41, 5.74) is 2.28. The van der Waals surface area contributed by atoms with Crippen LogP contribution in [0.25, 0.3) is 0 Å². The zero-order chi connectivity index (χ0) is 21.6. The quantitative estimate of drug-likeness (QED) is 0.674. The molecule has 0 bridgehead atoms. The molecule has 1 atom stereocenters. The summed E-state index contributed by atoms with van der Waals surface area (Å²) < 4.78 is 36.5. The third-order valence-corrected chi connectivity index (χ3v) is 5.63. The van der Waals surface area contributed by atoms with Crippen molar-refractivity contribution < 1.29 is 22.7 Å². The first-order valence-corrected chi connectivity index (χ1v) is 11.1. The second kappa shape index (κ2) is 9.65. The number of carbonyl (C=O) groups excluding carboxylic acids is 1. The SMILES string of the molecule is COc1ccc(OC[C@@H](C)NC(=O)CN(c2cccc(C)c2C)S(C)(=O)=O)cc1. The van der Waals surface area contributed by atoms with Crippen molar-refractivity contribution in [2.45, 2.75) is 26.8 Å². The van der Waals surface area contributed by atoms with E-state index >= 15 is 0 Å². The van der Waals surface area contributed by atoms with Gasteiger partial charge in [0.1, 0.15) is 24.7 Å². The Labute approximate surface area is 172 Å². The lowest BCUT2D eigenvalue weighted by molar-refractivity contribution is -0.120. The summed E-state index contributed by atoms with van der Waals surface area (Å²) in [7, 11) is -2.03. The molecule has 0 aliphatic rings. The monoisotopic (exact) mass is 420 g/mol. The molecular formula is C21H28N2O5S. The van der Waals surface area contributed by atoms with Crippen molar-refractivity contribution in [1.29, 1.82) is 0 Å². The van der Waals surface area contributed by atoms with Gasteiger partial charge in [0.25, 0.3) is 0 Å². The van der Waals surface area contributed by atoms with Gasteiger partial charge in [-0.25, -0.2) is 8.42 Å². The van der Waals surface area contributed by atoms with Crippen molar-refractivity contribution in [2.75, 3.05) is 30.8 Å². The van der Waals surface area contributed by atoms with E-state index in [1.165, 1.54) is 0 Å². The highest BCUT2D eigenvalue weighted by atomic mass is 32.2. The molecule has 2 rings (SSSR count). The van der Waals surface area contributed by atoms with Gasteiger partial charge in [-0.1, -0.05) is 12.1 Å². The Morgan fingerprint density at radius 2 is 1.72 bits per heavy atom. The number of carbonyl (C=O) groups is 1. The van der Waals surface area contributed by atoms with E-state index in [4.69, 9.17) is 9.47 Å². The van der Waals surface area contributed by atoms with Gasteiger partial charge in [0.15, 0.2) is 0 Å². The molecule has 1 amide bonds. The molecule has 158 valence electrons. The summed E-state index contributed by atoms with van der Waals surface area (Å²) in [5.74, 6) is 0.980. The standard InChI is InChI=1S/C21H28N2O5S/c1-15-7-6-8-20(17(15)3)23(29(5,25)26)13-21(24)22-16(2)14-28-19-11-9-18(27-4)10-12-19/h6-12,16H,13-14H2,1-5H3,(H,22,24)/t16-/m1/s1. The Morgan fingerprint density at radius 3 is 2.31 bits per heavy atom. The van der Waals surface area contributed by atoms with Crippen LogP contribution in [0.3, 0.4) is 0 Å². The molecule has 0 aliphatic heterocycles. The van der Waals surface area contributed by atoms with Gasteiger partial charge in [-0.3, -0.25) is 9.10 Å². The van der Waals surface area contributed by atoms with E-state index in [0.29, 0.717) is 11.4 Å². The van der Waals surface area contributed by atoms with E-state index < -0.39 is 15.9 Å². The molecule has 0 spiro atoms. The van der Waals surface area contributed by atoms with Gasteiger partial charge in [0, 0.05) is 0 Å². The first kappa shape index (κ1) is 22.5. The second-order valence-electron chi connectivity index (χ2n) is 6.94. The zero-order valence-electron chi connectivity index (χ0n) is 17.4. The van der Waals surface area contributed by atoms with Crippen LogP contribution in [-0.4, -0.2) is 46.9 Å². The summed E-state index contributed by atoms with van der Waals surface area (Å²) in [5, 5.41) is 2.78. The van der Waals surface area contributed by atoms with Crippen LogP contribution in [-0.2, 0) is 14.8 Å². The zero-order valence-corrected chi connectivity index (χ0v) is 18.2. The number of nitrogens with zero attached hydrogens (tertiary/aromatic N) is 1. The first-order chi connectivity index (χ1) is 13.6. The van der Waals surface area contributed by atoms with E-state index in [1.54, 1.807) is 50.4 Å². The molecule has 0 fully saturated rings. The molecule has 0 unspecified atom stereocenters. The summed E-state index contributed by atoms with van der Waals surface area (Å²) in [4.78, 5) is 12.5. The lowest BCUT2D eigenvalue weighted by Crippen LogP contribution is -2.45. The van der Waals surface area contributed by atoms with Crippen molar-refractivity contribution in [2.24, 2.45) is 0 Å². The fraction of sp³-hybridized carbons (Fsp3) is 0.381. The number of aryl methyl sites for hydroxylation is 1. The van der Waals surface area contributed by atoms with Gasteiger partial charge in [-0.2, -0.15) is 0 Å². The molecular weight excluding hydrogens is 392 g/mol. The number of methoxy groups -OCH3 is 1. The molecule has 1 N–H and O–H groups in total. The topological polar surface area (TPSA) is 84.9 Å². The van der Waals surface area contributed by atoms with Crippen LogP contribution in [0, 0.1) is 13.8 Å². The predicted molar refractivity (Wildman–Crippen MR) is 114 cm³/mol. The maximum atomic E-state index is 12.5. The van der Waals surface area contributed by atoms with Crippen LogP contribution >= 0.6 is 0 Å². The summed E-state index contributed by atoms with van der Waals surface area (Å²) >= 11 is 0. The molecule has 29 heavy (non-hydrogen) atoms. The van der Waals surface area contributed by atoms with Gasteiger partial charge in [-0.15, -0.1) is 0 Å². The maximum absolute atomic E-state index is 12.5. The minimum absolute atomic E-state index is 0.250. The van der Waals surface area contributed by atoms with Gasteiger partial charge < -0.3 is 14.8 Å². The number of anilines is 1. The number of nitrogens with one attached hydrogen (secondary N) is 1. The Morgan fingerprint density at radius 1 is 1.10 bits per heavy atom. The highest BCUT2D eigenvalue weighted by molar-refractivity contribution is 7.92. The van der Waals surface area contributed by atoms with E-state index in [-0.39, 0.29) is 19.2 Å². The largest absolute Gasteiger partial charge is 0.497 e. The maximum Gasteiger partial charge on any atom is 0.241 e. The summed E-state index contributed by atoms with van der Waals surface area (Å²) in [6.45, 7) is 5.49. The van der Waals surface area contributed by atoms with Gasteiger partial charge in [0.05, 0.1) is 25.1 Å². The molecule has 2 aromatic rings. The average Bonchev–Trinajstić information content (AvgIpc) is 2.66. The molecule has 0 saturated carbocycles. The van der Waals surface area contributed by atoms with E-state index in [2.05, 4.69) is 5.32 Å². The fourth-order valence-corrected chi connectivity index (χ4v) is 3.68. The molecule has 0 aliphatic carbocycles. The van der Waals surface area contributed by atoms with Crippen LogP contribution in [0.1, 0.15) is 18.1 Å². The fourth-order valence-electron chi connectivity index (χ4n) is 2.77. The Kier molecular flexibility index (Phi) is 7.50. The number of ether oxygens (including phenoxy) is 2. The van der Waals surface area contributed by atoms with Crippen molar-refractivity contribution in [3.63, 3.8) is 0 Å². The Balaban J connectivity index is 1.99. The molecule has 0 saturated heterocycles. The Bertz CT molecular complexity index is 942. The lowest BCUT2D eigenvalue weighted by atomic mass is 10.1. The number of amides is 1. The van der Waals surface area contributed by atoms with Crippen LogP contribution in [0.2, 0.25) is 0 Å². The van der Waals surface area contributed by atoms with Crippen LogP contribution < -0.4 is 19.1 Å². The van der Waals surface area contributed by atoms with Crippen LogP contribution in [0.4, 0.5) is 5.69 Å². The minimum Gasteiger partial charge on any atom is -0.497 e. The molecule has 0 heterocycles. The Hall–Kier alpha value is -2.74. The second-order valence-corrected chi connectivity index (χ2v) is 8.85. The third-order valence-electron chi connectivity index (χ3n) is 4.50. The smallest absolute Gasteiger partial charge is 0.241 e. The molecule has 2 aromatic carbocycles. The number of sulfonamides is 1. The molecule has 7 nitrogen and oxygen atoms in total. The normalized spacial score (nSPS) is 12.2. The number of hydrogen-bond donors (Lipinski definition) is 1. The predicted octanol–water partition coefficient (Wildman–Crippen LogP) is 2.66. The van der Waals surface area contributed by atoms with Gasteiger partial charge in [-0.05, 0) is 62.2 Å². The van der Waals surface area contributed by atoms with Crippen LogP contribution in [0.5, 0.6) is 11.5 Å². The highest BCUT2D eigenvalue weighted by Gasteiger charge is 2.23. The van der Waals surface area contributed by atoms with Crippen molar-refractivity contribution in [3.8, 4) is 11.5 Å². The number of rotatable bonds is 9. The van der Waals surface area contributed by atoms with E-state index in [0.717, 1.165) is 27.4 Å². The lowest BCUT2D eigenvalue weighted by Gasteiger charge is -2.25. The van der Waals surface area contributed by atoms with E-state index in [9.17, 15) is 13.2 Å². The van der Waals surface area contributed by atoms with Gasteiger partial charge in [0.2, 0.25) is 15.9 Å². The average molecular weight is 421 g/mol. The summed E-state index contributed by atoms with van der Waals surface area (Å²) in [6.07, 6.45) is 1.10. The molecule has 0 radical (unpaired) electrons.